The Morgan fingerprint density at radius 2 is 1.69 bits per heavy atom. The summed E-state index contributed by atoms with van der Waals surface area (Å²) in [4.78, 5) is 12.5. The van der Waals surface area contributed by atoms with Crippen LogP contribution in [0.15, 0.2) is 42.5 Å². The number of hydrogen-bond donors (Lipinski definition) is 0. The van der Waals surface area contributed by atoms with Crippen LogP contribution in [0.5, 0.6) is 5.75 Å². The highest BCUT2D eigenvalue weighted by molar-refractivity contribution is 7.91. The second-order valence-corrected chi connectivity index (χ2v) is 10.3. The fourth-order valence-corrected chi connectivity index (χ4v) is 3.64. The molecule has 0 spiro atoms. The van der Waals surface area contributed by atoms with Crippen molar-refractivity contribution < 1.29 is 17.9 Å². The Balaban J connectivity index is 2.16. The summed E-state index contributed by atoms with van der Waals surface area (Å²) in [6, 6.07) is 11.8. The summed E-state index contributed by atoms with van der Waals surface area (Å²) in [5.41, 5.74) is 1.89. The van der Waals surface area contributed by atoms with Crippen molar-refractivity contribution in [1.29, 1.82) is 0 Å². The van der Waals surface area contributed by atoms with Gasteiger partial charge in [0.15, 0.2) is 15.6 Å². The van der Waals surface area contributed by atoms with E-state index < -0.39 is 14.6 Å². The van der Waals surface area contributed by atoms with Crippen molar-refractivity contribution in [3.8, 4) is 5.75 Å². The number of methoxy groups -OCH3 is 1. The summed E-state index contributed by atoms with van der Waals surface area (Å²) < 4.78 is 29.0. The molecule has 0 saturated heterocycles. The number of Topliss-reactive ketones (excluding diaryl/α,β-unsaturated/α-hetero) is 1. The molecule has 0 amide bonds. The smallest absolute Gasteiger partial charge is 0.167 e. The minimum absolute atomic E-state index is 0.0485. The summed E-state index contributed by atoms with van der Waals surface area (Å²) in [5.74, 6) is 0.471. The summed E-state index contributed by atoms with van der Waals surface area (Å²) >= 11 is 6.00. The number of rotatable bonds is 6. The molecule has 0 bridgehead atoms. The number of ether oxygens (including phenoxy) is 1. The van der Waals surface area contributed by atoms with Crippen molar-refractivity contribution in [2.24, 2.45) is 0 Å². The first-order chi connectivity index (χ1) is 12.0. The van der Waals surface area contributed by atoms with E-state index >= 15 is 0 Å². The lowest BCUT2D eigenvalue weighted by atomic mass is 10.0. The second kappa shape index (κ2) is 7.80. The Morgan fingerprint density at radius 3 is 2.23 bits per heavy atom. The Hall–Kier alpha value is -1.85. The number of carbonyl (C=O) groups is 1. The van der Waals surface area contributed by atoms with Crippen LogP contribution in [0.25, 0.3) is 0 Å². The SMILES string of the molecule is COc1ccc(Cl)cc1CC(=O)c1ccc(CS(=O)(=O)C(C)(C)C)cc1. The van der Waals surface area contributed by atoms with E-state index in [2.05, 4.69) is 0 Å². The maximum Gasteiger partial charge on any atom is 0.167 e. The molecular weight excluding hydrogens is 372 g/mol. The maximum absolute atomic E-state index is 12.5. The predicted octanol–water partition coefficient (Wildman–Crippen LogP) is 4.49. The minimum atomic E-state index is -3.26. The van der Waals surface area contributed by atoms with Gasteiger partial charge in [0.1, 0.15) is 5.75 Å². The fraction of sp³-hybridized carbons (Fsp3) is 0.350. The van der Waals surface area contributed by atoms with Crippen molar-refractivity contribution in [2.75, 3.05) is 7.11 Å². The molecule has 0 N–H and O–H groups in total. The molecule has 140 valence electrons. The van der Waals surface area contributed by atoms with Gasteiger partial charge in [-0.3, -0.25) is 4.79 Å². The molecule has 0 aliphatic carbocycles. The summed E-state index contributed by atoms with van der Waals surface area (Å²) in [6.07, 6.45) is 0.156. The molecule has 0 aliphatic rings. The Bertz CT molecular complexity index is 894. The number of hydrogen-bond acceptors (Lipinski definition) is 4. The van der Waals surface area contributed by atoms with E-state index in [1.807, 2.05) is 0 Å². The third kappa shape index (κ3) is 4.86. The minimum Gasteiger partial charge on any atom is -0.496 e. The average Bonchev–Trinajstić information content (AvgIpc) is 2.54. The quantitative estimate of drug-likeness (QED) is 0.677. The molecular formula is C20H23ClO4S. The molecule has 2 aromatic carbocycles. The Morgan fingerprint density at radius 1 is 1.08 bits per heavy atom. The molecule has 26 heavy (non-hydrogen) atoms. The molecule has 0 saturated carbocycles. The van der Waals surface area contributed by atoms with Crippen molar-refractivity contribution in [1.82, 2.24) is 0 Å². The van der Waals surface area contributed by atoms with Gasteiger partial charge in [-0.05, 0) is 44.5 Å². The molecule has 0 fully saturated rings. The molecule has 0 heterocycles. The molecule has 0 atom stereocenters. The second-order valence-electron chi connectivity index (χ2n) is 7.12. The van der Waals surface area contributed by atoms with Crippen LogP contribution in [0, 0.1) is 0 Å². The zero-order valence-electron chi connectivity index (χ0n) is 15.4. The van der Waals surface area contributed by atoms with Gasteiger partial charge < -0.3 is 4.74 Å². The van der Waals surface area contributed by atoms with Gasteiger partial charge in [-0.2, -0.15) is 0 Å². The first-order valence-corrected chi connectivity index (χ1v) is 10.2. The van der Waals surface area contributed by atoms with E-state index in [1.54, 1.807) is 70.3 Å². The van der Waals surface area contributed by atoms with E-state index in [0.29, 0.717) is 27.5 Å². The monoisotopic (exact) mass is 394 g/mol. The number of carbonyl (C=O) groups excluding carboxylic acids is 1. The topological polar surface area (TPSA) is 60.4 Å². The van der Waals surface area contributed by atoms with Crippen molar-refractivity contribution in [3.63, 3.8) is 0 Å². The lowest BCUT2D eigenvalue weighted by Crippen LogP contribution is -2.29. The lowest BCUT2D eigenvalue weighted by Gasteiger charge is -2.19. The standard InChI is InChI=1S/C20H23ClO4S/c1-20(2,3)26(23,24)13-14-5-7-15(8-6-14)18(22)12-16-11-17(21)9-10-19(16)25-4/h5-11H,12-13H2,1-4H3. The average molecular weight is 395 g/mol. The molecule has 4 nitrogen and oxygen atoms in total. The van der Waals surface area contributed by atoms with Gasteiger partial charge in [0, 0.05) is 22.6 Å². The van der Waals surface area contributed by atoms with E-state index in [-0.39, 0.29) is 18.0 Å². The van der Waals surface area contributed by atoms with Crippen LogP contribution in [-0.4, -0.2) is 26.1 Å². The normalized spacial score (nSPS) is 12.0. The van der Waals surface area contributed by atoms with Crippen LogP contribution in [0.1, 0.15) is 42.3 Å². The van der Waals surface area contributed by atoms with Gasteiger partial charge in [-0.1, -0.05) is 35.9 Å². The van der Waals surface area contributed by atoms with Crippen LogP contribution >= 0.6 is 11.6 Å². The predicted molar refractivity (Wildman–Crippen MR) is 105 cm³/mol. The van der Waals surface area contributed by atoms with Crippen LogP contribution < -0.4 is 4.74 Å². The van der Waals surface area contributed by atoms with Gasteiger partial charge >= 0.3 is 0 Å². The zero-order chi connectivity index (χ0) is 19.5. The van der Waals surface area contributed by atoms with Gasteiger partial charge in [0.25, 0.3) is 0 Å². The van der Waals surface area contributed by atoms with E-state index in [9.17, 15) is 13.2 Å². The van der Waals surface area contributed by atoms with Crippen molar-refractivity contribution >= 4 is 27.2 Å². The first kappa shape index (κ1) is 20.5. The van der Waals surface area contributed by atoms with Crippen LogP contribution in [0.2, 0.25) is 5.02 Å². The Labute approximate surface area is 160 Å². The van der Waals surface area contributed by atoms with Crippen molar-refractivity contribution in [2.45, 2.75) is 37.7 Å². The van der Waals surface area contributed by atoms with Gasteiger partial charge in [-0.15, -0.1) is 0 Å². The molecule has 0 radical (unpaired) electrons. The molecule has 0 aliphatic heterocycles. The van der Waals surface area contributed by atoms with Gasteiger partial charge in [0.05, 0.1) is 17.6 Å². The fourth-order valence-electron chi connectivity index (χ4n) is 2.38. The van der Waals surface area contributed by atoms with Gasteiger partial charge in [-0.25, -0.2) is 8.42 Å². The van der Waals surface area contributed by atoms with E-state index in [1.165, 1.54) is 0 Å². The first-order valence-electron chi connectivity index (χ1n) is 8.20. The third-order valence-corrected chi connectivity index (χ3v) is 6.97. The maximum atomic E-state index is 12.5. The van der Waals surface area contributed by atoms with E-state index in [4.69, 9.17) is 16.3 Å². The molecule has 6 heteroatoms. The summed E-state index contributed by atoms with van der Waals surface area (Å²) in [7, 11) is -1.72. The zero-order valence-corrected chi connectivity index (χ0v) is 16.9. The summed E-state index contributed by atoms with van der Waals surface area (Å²) in [6.45, 7) is 5.04. The van der Waals surface area contributed by atoms with Crippen LogP contribution in [0.4, 0.5) is 0 Å². The molecule has 2 rings (SSSR count). The highest BCUT2D eigenvalue weighted by Gasteiger charge is 2.28. The number of halogens is 1. The highest BCUT2D eigenvalue weighted by atomic mass is 35.5. The Kier molecular flexibility index (Phi) is 6.14. The largest absolute Gasteiger partial charge is 0.496 e. The molecule has 2 aromatic rings. The highest BCUT2D eigenvalue weighted by Crippen LogP contribution is 2.25. The summed E-state index contributed by atoms with van der Waals surface area (Å²) in [5, 5.41) is 0.538. The number of ketones is 1. The van der Waals surface area contributed by atoms with Gasteiger partial charge in [0.2, 0.25) is 0 Å². The molecule has 0 aromatic heterocycles. The van der Waals surface area contributed by atoms with E-state index in [0.717, 1.165) is 0 Å². The molecule has 0 unspecified atom stereocenters. The number of benzene rings is 2. The van der Waals surface area contributed by atoms with Crippen LogP contribution in [-0.2, 0) is 22.0 Å². The van der Waals surface area contributed by atoms with Crippen LogP contribution in [0.3, 0.4) is 0 Å². The number of sulfone groups is 1. The lowest BCUT2D eigenvalue weighted by molar-refractivity contribution is 0.0992. The van der Waals surface area contributed by atoms with Crippen molar-refractivity contribution in [3.05, 3.63) is 64.2 Å². The third-order valence-electron chi connectivity index (χ3n) is 4.16.